The van der Waals surface area contributed by atoms with E-state index in [0.717, 1.165) is 0 Å². The van der Waals surface area contributed by atoms with E-state index in [-0.39, 0.29) is 0 Å². The van der Waals surface area contributed by atoms with Crippen LogP contribution in [0.1, 0.15) is 0 Å². The number of rotatable bonds is 0. The number of hydrogen-bond donors (Lipinski definition) is 2. The summed E-state index contributed by atoms with van der Waals surface area (Å²) in [4.78, 5) is 3.12. The molecule has 0 atom stereocenters. The second kappa shape index (κ2) is 4.44. The molecule has 2 aromatic rings. The van der Waals surface area contributed by atoms with Gasteiger partial charge in [0.1, 0.15) is 0 Å². The fourth-order valence-electron chi connectivity index (χ4n) is 0.995. The summed E-state index contributed by atoms with van der Waals surface area (Å²) in [5.74, 6) is 0. The summed E-state index contributed by atoms with van der Waals surface area (Å²) in [6.45, 7) is 0. The van der Waals surface area contributed by atoms with Gasteiger partial charge in [-0.2, -0.15) is 0 Å². The van der Waals surface area contributed by atoms with Gasteiger partial charge in [-0.3, -0.25) is 0 Å². The first kappa shape index (κ1) is 8.65. The molecule has 0 fully saturated rings. The summed E-state index contributed by atoms with van der Waals surface area (Å²) in [7, 11) is 0. The summed E-state index contributed by atoms with van der Waals surface area (Å²) in [5, 5.41) is 8.63. The highest BCUT2D eigenvalue weighted by Gasteiger charge is 1.86. The minimum atomic E-state index is 1.21. The van der Waals surface area contributed by atoms with Crippen LogP contribution < -0.4 is 0 Å². The van der Waals surface area contributed by atoms with Gasteiger partial charge in [-0.25, -0.2) is 5.41 Å². The second-order valence-corrected chi connectivity index (χ2v) is 2.37. The molecule has 2 N–H and O–H groups in total. The molecule has 0 aliphatic rings. The minimum Gasteiger partial charge on any atom is -0.361 e. The molecule has 1 aromatic heterocycles. The molecule has 3 heteroatoms. The molecule has 0 saturated carbocycles. The monoisotopic (exact) mass is 176 g/mol. The number of aromatic amines is 1. The molecule has 0 radical (unpaired) electrons. The van der Waals surface area contributed by atoms with Gasteiger partial charge in [0.15, 0.2) is 0 Å². The van der Waals surface area contributed by atoms with Gasteiger partial charge in [-0.1, -0.05) is 18.2 Å². The van der Waals surface area contributed by atoms with Crippen molar-refractivity contribution < 1.29 is 0 Å². The summed E-state index contributed by atoms with van der Waals surface area (Å²) < 4.78 is 0. The number of nitrogens with one attached hydrogen (secondary N) is 2. The van der Waals surface area contributed by atoms with Crippen molar-refractivity contribution in [2.75, 3.05) is 0 Å². The lowest BCUT2D eigenvalue weighted by Crippen LogP contribution is -1.61. The average Bonchev–Trinajstić information content (AvgIpc) is 2.52. The molecule has 2 nitrogen and oxygen atoms in total. The van der Waals surface area contributed by atoms with Gasteiger partial charge < -0.3 is 4.98 Å². The van der Waals surface area contributed by atoms with Crippen molar-refractivity contribution in [3.8, 4) is 0 Å². The van der Waals surface area contributed by atoms with E-state index in [4.69, 9.17) is 5.41 Å². The van der Waals surface area contributed by atoms with Gasteiger partial charge in [0, 0.05) is 11.7 Å². The Morgan fingerprint density at radius 2 is 1.92 bits per heavy atom. The van der Waals surface area contributed by atoms with Crippen LogP contribution in [0.2, 0.25) is 0 Å². The smallest absolute Gasteiger partial charge is 0.0554 e. The average molecular weight is 176 g/mol. The highest BCUT2D eigenvalue weighted by atomic mass is 32.1. The van der Waals surface area contributed by atoms with Crippen LogP contribution in [-0.2, 0) is 0 Å². The van der Waals surface area contributed by atoms with E-state index in [1.165, 1.54) is 10.9 Å². The predicted octanol–water partition coefficient (Wildman–Crippen LogP) is 2.84. The fraction of sp³-hybridized carbons (Fsp3) is 0. The predicted molar refractivity (Wildman–Crippen MR) is 53.6 cm³/mol. The fourth-order valence-corrected chi connectivity index (χ4v) is 0.995. The SMILES string of the molecule is N=C=S.c1ccc2[nH]ccc2c1. The topological polar surface area (TPSA) is 39.6 Å². The molecule has 0 spiro atoms. The molecule has 2 rings (SSSR count). The Morgan fingerprint density at radius 1 is 1.25 bits per heavy atom. The van der Waals surface area contributed by atoms with E-state index in [1.807, 2.05) is 18.3 Å². The lowest BCUT2D eigenvalue weighted by atomic mass is 10.3. The molecule has 0 saturated heterocycles. The Kier molecular flexibility index (Phi) is 3.20. The summed E-state index contributed by atoms with van der Waals surface area (Å²) >= 11 is 3.81. The third-order valence-corrected chi connectivity index (χ3v) is 1.46. The number of para-hydroxylation sites is 1. The molecule has 0 bridgehead atoms. The zero-order valence-corrected chi connectivity index (χ0v) is 7.19. The molecular formula is C9H8N2S. The minimum absolute atomic E-state index is 1.21. The van der Waals surface area contributed by atoms with Crippen LogP contribution in [-0.4, -0.2) is 10.1 Å². The Labute approximate surface area is 75.7 Å². The molecule has 0 unspecified atom stereocenters. The maximum Gasteiger partial charge on any atom is 0.0554 e. The summed E-state index contributed by atoms with van der Waals surface area (Å²) in [6.07, 6.45) is 1.95. The van der Waals surface area contributed by atoms with Crippen LogP contribution >= 0.6 is 12.2 Å². The first-order chi connectivity index (χ1) is 5.88. The number of fused-ring (bicyclic) bond motifs is 1. The zero-order valence-electron chi connectivity index (χ0n) is 6.37. The van der Waals surface area contributed by atoms with Gasteiger partial charge >= 0.3 is 0 Å². The Hall–Kier alpha value is -1.44. The number of thiocarbonyl (C=S) groups is 1. The zero-order chi connectivity index (χ0) is 8.81. The lowest BCUT2D eigenvalue weighted by molar-refractivity contribution is 1.48. The van der Waals surface area contributed by atoms with Crippen LogP contribution in [0.5, 0.6) is 0 Å². The molecule has 12 heavy (non-hydrogen) atoms. The molecule has 0 aliphatic heterocycles. The Balaban J connectivity index is 0.000000213. The van der Waals surface area contributed by atoms with Gasteiger partial charge in [-0.15, -0.1) is 0 Å². The summed E-state index contributed by atoms with van der Waals surface area (Å²) in [5.41, 5.74) is 1.21. The lowest BCUT2D eigenvalue weighted by Gasteiger charge is -1.83. The van der Waals surface area contributed by atoms with Crippen LogP contribution in [0.15, 0.2) is 36.5 Å². The first-order valence-corrected chi connectivity index (χ1v) is 3.85. The van der Waals surface area contributed by atoms with Crippen LogP contribution in [0, 0.1) is 5.41 Å². The Bertz CT molecular complexity index is 356. The van der Waals surface area contributed by atoms with Crippen molar-refractivity contribution >= 4 is 28.3 Å². The first-order valence-electron chi connectivity index (χ1n) is 3.44. The molecule has 1 heterocycles. The van der Waals surface area contributed by atoms with E-state index >= 15 is 0 Å². The molecule has 0 amide bonds. The standard InChI is InChI=1S/C8H7N.CHNS/c1-2-4-8-7(3-1)5-6-9-8;2-1-3/h1-6,9H;2H. The highest BCUT2D eigenvalue weighted by Crippen LogP contribution is 2.09. The van der Waals surface area contributed by atoms with Gasteiger partial charge in [0.25, 0.3) is 0 Å². The number of H-pyrrole nitrogens is 1. The molecule has 1 aromatic carbocycles. The van der Waals surface area contributed by atoms with Gasteiger partial charge in [-0.05, 0) is 29.7 Å². The normalized spacial score (nSPS) is 8.33. The molecular weight excluding hydrogens is 168 g/mol. The van der Waals surface area contributed by atoms with Gasteiger partial charge in [0.2, 0.25) is 0 Å². The van der Waals surface area contributed by atoms with E-state index in [2.05, 4.69) is 35.4 Å². The number of aromatic nitrogens is 1. The van der Waals surface area contributed by atoms with Crippen molar-refractivity contribution in [1.82, 2.24) is 4.98 Å². The second-order valence-electron chi connectivity index (χ2n) is 2.17. The van der Waals surface area contributed by atoms with Crippen molar-refractivity contribution in [2.24, 2.45) is 0 Å². The quantitative estimate of drug-likeness (QED) is 0.470. The maximum atomic E-state index is 5.77. The summed E-state index contributed by atoms with van der Waals surface area (Å²) in [6, 6.07) is 10.3. The Morgan fingerprint density at radius 3 is 2.58 bits per heavy atom. The van der Waals surface area contributed by atoms with E-state index in [9.17, 15) is 0 Å². The molecule has 60 valence electrons. The number of isothiocyanates is 1. The van der Waals surface area contributed by atoms with Crippen molar-refractivity contribution in [3.63, 3.8) is 0 Å². The maximum absolute atomic E-state index is 5.77. The van der Waals surface area contributed by atoms with Crippen molar-refractivity contribution in [3.05, 3.63) is 36.5 Å². The molecule has 0 aliphatic carbocycles. The van der Waals surface area contributed by atoms with E-state index in [0.29, 0.717) is 0 Å². The van der Waals surface area contributed by atoms with Crippen LogP contribution in [0.4, 0.5) is 0 Å². The van der Waals surface area contributed by atoms with Crippen LogP contribution in [0.25, 0.3) is 10.9 Å². The number of benzene rings is 1. The van der Waals surface area contributed by atoms with Crippen LogP contribution in [0.3, 0.4) is 0 Å². The van der Waals surface area contributed by atoms with Gasteiger partial charge in [0.05, 0.1) is 5.16 Å². The third kappa shape index (κ3) is 2.02. The van der Waals surface area contributed by atoms with Crippen molar-refractivity contribution in [2.45, 2.75) is 0 Å². The third-order valence-electron chi connectivity index (χ3n) is 1.46. The van der Waals surface area contributed by atoms with E-state index in [1.54, 1.807) is 5.16 Å². The number of hydrogen-bond acceptors (Lipinski definition) is 2. The largest absolute Gasteiger partial charge is 0.361 e. The van der Waals surface area contributed by atoms with Crippen molar-refractivity contribution in [1.29, 1.82) is 5.41 Å². The van der Waals surface area contributed by atoms with E-state index < -0.39 is 0 Å². The highest BCUT2D eigenvalue weighted by molar-refractivity contribution is 7.78.